The van der Waals surface area contributed by atoms with Crippen LogP contribution in [0.3, 0.4) is 0 Å². The number of nitrogens with one attached hydrogen (secondary N) is 2. The Kier molecular flexibility index (Phi) is 3.29. The summed E-state index contributed by atoms with van der Waals surface area (Å²) >= 11 is 0. The molecule has 1 aliphatic rings. The third kappa shape index (κ3) is 2.59. The van der Waals surface area contributed by atoms with Crippen molar-refractivity contribution in [1.82, 2.24) is 0 Å². The van der Waals surface area contributed by atoms with Crippen LogP contribution < -0.4 is 16.4 Å². The van der Waals surface area contributed by atoms with Gasteiger partial charge in [-0.3, -0.25) is 4.79 Å². The summed E-state index contributed by atoms with van der Waals surface area (Å²) in [6.45, 7) is 0.718. The SMILES string of the molecule is Nc1ccccc1NCc1ccc2c(c1)CCC(=O)N2. The second-order valence-corrected chi connectivity index (χ2v) is 4.98. The van der Waals surface area contributed by atoms with E-state index < -0.39 is 0 Å². The Hall–Kier alpha value is -2.49. The highest BCUT2D eigenvalue weighted by Gasteiger charge is 2.14. The van der Waals surface area contributed by atoms with Crippen molar-refractivity contribution in [2.24, 2.45) is 0 Å². The number of anilines is 3. The summed E-state index contributed by atoms with van der Waals surface area (Å²) in [5.41, 5.74) is 10.9. The van der Waals surface area contributed by atoms with Gasteiger partial charge in [-0.15, -0.1) is 0 Å². The van der Waals surface area contributed by atoms with Crippen molar-refractivity contribution in [3.63, 3.8) is 0 Å². The van der Waals surface area contributed by atoms with E-state index in [0.29, 0.717) is 6.42 Å². The Morgan fingerprint density at radius 1 is 1.15 bits per heavy atom. The summed E-state index contributed by atoms with van der Waals surface area (Å²) in [5.74, 6) is 0.0976. The maximum absolute atomic E-state index is 11.3. The highest BCUT2D eigenvalue weighted by atomic mass is 16.1. The van der Waals surface area contributed by atoms with Gasteiger partial charge in [0.15, 0.2) is 0 Å². The Labute approximate surface area is 118 Å². The van der Waals surface area contributed by atoms with Gasteiger partial charge in [0.25, 0.3) is 0 Å². The number of aryl methyl sites for hydroxylation is 1. The molecular weight excluding hydrogens is 250 g/mol. The molecule has 0 spiro atoms. The first-order chi connectivity index (χ1) is 9.72. The normalized spacial score (nSPS) is 13.5. The Morgan fingerprint density at radius 2 is 2.00 bits per heavy atom. The van der Waals surface area contributed by atoms with E-state index in [1.54, 1.807) is 0 Å². The van der Waals surface area contributed by atoms with Gasteiger partial charge in [-0.1, -0.05) is 24.3 Å². The fourth-order valence-electron chi connectivity index (χ4n) is 2.40. The predicted molar refractivity (Wildman–Crippen MR) is 81.6 cm³/mol. The van der Waals surface area contributed by atoms with E-state index in [-0.39, 0.29) is 5.91 Å². The second kappa shape index (κ2) is 5.25. The highest BCUT2D eigenvalue weighted by molar-refractivity contribution is 5.93. The molecule has 0 saturated heterocycles. The lowest BCUT2D eigenvalue weighted by Crippen LogP contribution is -2.19. The molecule has 4 heteroatoms. The van der Waals surface area contributed by atoms with Crippen molar-refractivity contribution in [3.8, 4) is 0 Å². The van der Waals surface area contributed by atoms with Gasteiger partial charge in [0.05, 0.1) is 11.4 Å². The Balaban J connectivity index is 1.73. The summed E-state index contributed by atoms with van der Waals surface area (Å²) in [6, 6.07) is 13.9. The summed E-state index contributed by atoms with van der Waals surface area (Å²) in [5, 5.41) is 6.22. The minimum atomic E-state index is 0.0976. The number of amides is 1. The molecule has 4 nitrogen and oxygen atoms in total. The van der Waals surface area contributed by atoms with Crippen LogP contribution in [0.5, 0.6) is 0 Å². The van der Waals surface area contributed by atoms with Crippen LogP contribution in [0, 0.1) is 0 Å². The maximum atomic E-state index is 11.3. The summed E-state index contributed by atoms with van der Waals surface area (Å²) in [7, 11) is 0. The molecule has 0 fully saturated rings. The molecule has 0 bridgehead atoms. The van der Waals surface area contributed by atoms with Crippen molar-refractivity contribution in [3.05, 3.63) is 53.6 Å². The standard InChI is InChI=1S/C16H17N3O/c17-13-3-1-2-4-15(13)18-10-11-5-7-14-12(9-11)6-8-16(20)19-14/h1-5,7,9,18H,6,8,10,17H2,(H,19,20). The fraction of sp³-hybridized carbons (Fsp3) is 0.188. The van der Waals surface area contributed by atoms with Crippen LogP contribution in [-0.2, 0) is 17.8 Å². The van der Waals surface area contributed by atoms with E-state index in [1.807, 2.05) is 36.4 Å². The number of benzene rings is 2. The van der Waals surface area contributed by atoms with Gasteiger partial charge in [-0.2, -0.15) is 0 Å². The van der Waals surface area contributed by atoms with E-state index >= 15 is 0 Å². The maximum Gasteiger partial charge on any atom is 0.224 e. The quantitative estimate of drug-likeness (QED) is 0.749. The monoisotopic (exact) mass is 267 g/mol. The van der Waals surface area contributed by atoms with E-state index in [0.717, 1.165) is 30.0 Å². The molecule has 1 amide bonds. The third-order valence-corrected chi connectivity index (χ3v) is 3.51. The zero-order chi connectivity index (χ0) is 13.9. The predicted octanol–water partition coefficient (Wildman–Crippen LogP) is 2.77. The molecular formula is C16H17N3O. The lowest BCUT2D eigenvalue weighted by molar-refractivity contribution is -0.116. The van der Waals surface area contributed by atoms with Gasteiger partial charge < -0.3 is 16.4 Å². The lowest BCUT2D eigenvalue weighted by Gasteiger charge is -2.18. The smallest absolute Gasteiger partial charge is 0.224 e. The number of hydrogen-bond acceptors (Lipinski definition) is 3. The molecule has 2 aromatic carbocycles. The Bertz CT molecular complexity index is 652. The molecule has 3 rings (SSSR count). The minimum absolute atomic E-state index is 0.0976. The van der Waals surface area contributed by atoms with Crippen LogP contribution in [0.1, 0.15) is 17.5 Å². The van der Waals surface area contributed by atoms with E-state index in [1.165, 1.54) is 11.1 Å². The van der Waals surface area contributed by atoms with Crippen molar-refractivity contribution in [2.75, 3.05) is 16.4 Å². The molecule has 1 heterocycles. The van der Waals surface area contributed by atoms with Crippen LogP contribution in [0.4, 0.5) is 17.1 Å². The molecule has 0 aliphatic carbocycles. The van der Waals surface area contributed by atoms with Gasteiger partial charge in [-0.05, 0) is 35.7 Å². The summed E-state index contributed by atoms with van der Waals surface area (Å²) in [6.07, 6.45) is 1.37. The highest BCUT2D eigenvalue weighted by Crippen LogP contribution is 2.24. The molecule has 0 saturated carbocycles. The summed E-state index contributed by atoms with van der Waals surface area (Å²) < 4.78 is 0. The van der Waals surface area contributed by atoms with E-state index in [4.69, 9.17) is 5.73 Å². The van der Waals surface area contributed by atoms with Crippen LogP contribution in [-0.4, -0.2) is 5.91 Å². The van der Waals surface area contributed by atoms with Gasteiger partial charge in [0, 0.05) is 18.7 Å². The number of para-hydroxylation sites is 2. The van der Waals surface area contributed by atoms with Gasteiger partial charge >= 0.3 is 0 Å². The number of hydrogen-bond donors (Lipinski definition) is 3. The lowest BCUT2D eigenvalue weighted by atomic mass is 10.0. The minimum Gasteiger partial charge on any atom is -0.397 e. The molecule has 2 aromatic rings. The van der Waals surface area contributed by atoms with E-state index in [9.17, 15) is 4.79 Å². The first-order valence-corrected chi connectivity index (χ1v) is 6.72. The van der Waals surface area contributed by atoms with Crippen LogP contribution in [0.25, 0.3) is 0 Å². The molecule has 4 N–H and O–H groups in total. The zero-order valence-electron chi connectivity index (χ0n) is 11.1. The Morgan fingerprint density at radius 3 is 2.85 bits per heavy atom. The van der Waals surface area contributed by atoms with Gasteiger partial charge in [0.1, 0.15) is 0 Å². The molecule has 102 valence electrons. The fourth-order valence-corrected chi connectivity index (χ4v) is 2.40. The molecule has 1 aliphatic heterocycles. The number of nitrogen functional groups attached to an aromatic ring is 1. The topological polar surface area (TPSA) is 67.1 Å². The second-order valence-electron chi connectivity index (χ2n) is 4.98. The van der Waals surface area contributed by atoms with Gasteiger partial charge in [0.2, 0.25) is 5.91 Å². The number of fused-ring (bicyclic) bond motifs is 1. The number of nitrogens with two attached hydrogens (primary N) is 1. The summed E-state index contributed by atoms with van der Waals surface area (Å²) in [4.78, 5) is 11.3. The van der Waals surface area contributed by atoms with Crippen LogP contribution in [0.15, 0.2) is 42.5 Å². The van der Waals surface area contributed by atoms with Crippen molar-refractivity contribution < 1.29 is 4.79 Å². The number of carbonyl (C=O) groups excluding carboxylic acids is 1. The largest absolute Gasteiger partial charge is 0.397 e. The zero-order valence-corrected chi connectivity index (χ0v) is 11.1. The van der Waals surface area contributed by atoms with Crippen LogP contribution in [0.2, 0.25) is 0 Å². The molecule has 0 aromatic heterocycles. The van der Waals surface area contributed by atoms with Crippen LogP contribution >= 0.6 is 0 Å². The van der Waals surface area contributed by atoms with E-state index in [2.05, 4.69) is 16.7 Å². The first-order valence-electron chi connectivity index (χ1n) is 6.72. The van der Waals surface area contributed by atoms with Crippen molar-refractivity contribution >= 4 is 23.0 Å². The average molecular weight is 267 g/mol. The number of rotatable bonds is 3. The van der Waals surface area contributed by atoms with Crippen molar-refractivity contribution in [2.45, 2.75) is 19.4 Å². The number of carbonyl (C=O) groups is 1. The molecule has 0 radical (unpaired) electrons. The van der Waals surface area contributed by atoms with Gasteiger partial charge in [-0.25, -0.2) is 0 Å². The third-order valence-electron chi connectivity index (χ3n) is 3.51. The average Bonchev–Trinajstić information content (AvgIpc) is 2.46. The molecule has 0 unspecified atom stereocenters. The molecule has 0 atom stereocenters. The van der Waals surface area contributed by atoms with Crippen molar-refractivity contribution in [1.29, 1.82) is 0 Å². The molecule has 20 heavy (non-hydrogen) atoms. The first kappa shape index (κ1) is 12.5.